The number of esters is 1. The molecule has 1 aliphatic heterocycles. The van der Waals surface area contributed by atoms with E-state index >= 15 is 0 Å². The Kier molecular flexibility index (Phi) is 4.59. The van der Waals surface area contributed by atoms with Gasteiger partial charge in [0.1, 0.15) is 11.6 Å². The quantitative estimate of drug-likeness (QED) is 0.494. The summed E-state index contributed by atoms with van der Waals surface area (Å²) in [5.74, 6) is -1.89. The molecule has 0 bridgehead atoms. The Labute approximate surface area is 126 Å². The van der Waals surface area contributed by atoms with Gasteiger partial charge in [0.05, 0.1) is 20.3 Å². The maximum Gasteiger partial charge on any atom is 0.338 e. The molecular weight excluding hydrogens is 295 g/mol. The number of hydrogen-bond acceptors (Lipinski definition) is 5. The summed E-state index contributed by atoms with van der Waals surface area (Å²) in [4.78, 5) is 36.2. The fraction of sp³-hybridized carbons (Fsp3) is 0.357. The van der Waals surface area contributed by atoms with Crippen molar-refractivity contribution < 1.29 is 28.2 Å². The first-order chi connectivity index (χ1) is 10.5. The number of carbonyl (C=O) groups is 3. The highest BCUT2D eigenvalue weighted by Crippen LogP contribution is 2.19. The predicted molar refractivity (Wildman–Crippen MR) is 72.5 cm³/mol. The maximum absolute atomic E-state index is 13.9. The second kappa shape index (κ2) is 6.42. The largest absolute Gasteiger partial charge is 0.497 e. The van der Waals surface area contributed by atoms with Crippen LogP contribution in [0.3, 0.4) is 0 Å². The van der Waals surface area contributed by atoms with Crippen LogP contribution < -0.4 is 10.1 Å². The van der Waals surface area contributed by atoms with Crippen molar-refractivity contribution in [3.8, 4) is 5.75 Å². The molecule has 8 heteroatoms. The van der Waals surface area contributed by atoms with Crippen molar-refractivity contribution in [3.63, 3.8) is 0 Å². The molecule has 118 valence electrons. The lowest BCUT2D eigenvalue weighted by Gasteiger charge is -2.14. The fourth-order valence-electron chi connectivity index (χ4n) is 2.01. The summed E-state index contributed by atoms with van der Waals surface area (Å²) in [5.41, 5.74) is 0.133. The molecule has 22 heavy (non-hydrogen) atoms. The van der Waals surface area contributed by atoms with Crippen molar-refractivity contribution in [1.29, 1.82) is 0 Å². The van der Waals surface area contributed by atoms with Crippen LogP contribution in [-0.2, 0) is 20.9 Å². The minimum Gasteiger partial charge on any atom is -0.497 e. The van der Waals surface area contributed by atoms with E-state index in [1.54, 1.807) is 6.92 Å². The normalized spacial score (nSPS) is 17.4. The Morgan fingerprint density at radius 3 is 2.73 bits per heavy atom. The molecule has 0 aliphatic carbocycles. The van der Waals surface area contributed by atoms with Gasteiger partial charge in [-0.1, -0.05) is 6.07 Å². The SMILES string of the molecule is CCOC(=O)C1NC(=O)N(Cc2ccc(OC)cc2F)C1=O. The van der Waals surface area contributed by atoms with Gasteiger partial charge in [-0.3, -0.25) is 9.69 Å². The summed E-state index contributed by atoms with van der Waals surface area (Å²) in [6, 6.07) is 1.93. The van der Waals surface area contributed by atoms with Crippen molar-refractivity contribution in [2.75, 3.05) is 13.7 Å². The number of amides is 3. The lowest BCUT2D eigenvalue weighted by atomic mass is 10.2. The maximum atomic E-state index is 13.9. The molecule has 1 heterocycles. The molecule has 1 fully saturated rings. The molecular formula is C14H15FN2O5. The molecule has 2 rings (SSSR count). The third-order valence-corrected chi connectivity index (χ3v) is 3.14. The topological polar surface area (TPSA) is 84.9 Å². The summed E-state index contributed by atoms with van der Waals surface area (Å²) in [7, 11) is 1.40. The molecule has 0 spiro atoms. The third-order valence-electron chi connectivity index (χ3n) is 3.14. The second-order valence-electron chi connectivity index (χ2n) is 4.52. The summed E-state index contributed by atoms with van der Waals surface area (Å²) in [6.45, 7) is 1.39. The number of hydrogen-bond donors (Lipinski definition) is 1. The van der Waals surface area contributed by atoms with E-state index in [1.165, 1.54) is 19.2 Å². The van der Waals surface area contributed by atoms with Crippen molar-refractivity contribution in [2.45, 2.75) is 19.5 Å². The van der Waals surface area contributed by atoms with Gasteiger partial charge in [0, 0.05) is 11.6 Å². The van der Waals surface area contributed by atoms with Crippen LogP contribution in [0.2, 0.25) is 0 Å². The van der Waals surface area contributed by atoms with Crippen molar-refractivity contribution in [2.24, 2.45) is 0 Å². The van der Waals surface area contributed by atoms with E-state index in [0.717, 1.165) is 11.0 Å². The Bertz CT molecular complexity index is 619. The molecule has 0 radical (unpaired) electrons. The third kappa shape index (κ3) is 3.00. The van der Waals surface area contributed by atoms with Crippen LogP contribution >= 0.6 is 0 Å². The first-order valence-corrected chi connectivity index (χ1v) is 6.58. The van der Waals surface area contributed by atoms with Gasteiger partial charge in [-0.25, -0.2) is 14.0 Å². The van der Waals surface area contributed by atoms with Gasteiger partial charge in [-0.05, 0) is 13.0 Å². The summed E-state index contributed by atoms with van der Waals surface area (Å²) < 4.78 is 23.5. The van der Waals surface area contributed by atoms with Crippen LogP contribution in [0, 0.1) is 5.82 Å². The van der Waals surface area contributed by atoms with Gasteiger partial charge in [-0.15, -0.1) is 0 Å². The van der Waals surface area contributed by atoms with Crippen LogP contribution in [0.1, 0.15) is 12.5 Å². The molecule has 7 nitrogen and oxygen atoms in total. The van der Waals surface area contributed by atoms with Crippen molar-refractivity contribution in [3.05, 3.63) is 29.6 Å². The molecule has 1 saturated heterocycles. The van der Waals surface area contributed by atoms with E-state index in [4.69, 9.17) is 9.47 Å². The second-order valence-corrected chi connectivity index (χ2v) is 4.52. The van der Waals surface area contributed by atoms with Gasteiger partial charge in [0.2, 0.25) is 6.04 Å². The van der Waals surface area contributed by atoms with Crippen LogP contribution in [0.4, 0.5) is 9.18 Å². The molecule has 1 N–H and O–H groups in total. The summed E-state index contributed by atoms with van der Waals surface area (Å²) in [6.07, 6.45) is 0. The number of carbonyl (C=O) groups excluding carboxylic acids is 3. The van der Waals surface area contributed by atoms with E-state index in [1.807, 2.05) is 0 Å². The Balaban J connectivity index is 2.14. The van der Waals surface area contributed by atoms with Crippen molar-refractivity contribution in [1.82, 2.24) is 10.2 Å². The highest BCUT2D eigenvalue weighted by molar-refractivity contribution is 6.14. The number of benzene rings is 1. The number of nitrogens with zero attached hydrogens (tertiary/aromatic N) is 1. The predicted octanol–water partition coefficient (Wildman–Crippen LogP) is 0.818. The standard InChI is InChI=1S/C14H15FN2O5/c1-3-22-13(19)11-12(18)17(14(20)16-11)7-8-4-5-9(21-2)6-10(8)15/h4-6,11H,3,7H2,1-2H3,(H,16,20). The molecule has 1 aliphatic rings. The van der Waals surface area contributed by atoms with E-state index < -0.39 is 29.8 Å². The zero-order chi connectivity index (χ0) is 16.3. The number of methoxy groups -OCH3 is 1. The number of urea groups is 1. The first kappa shape index (κ1) is 15.7. The van der Waals surface area contributed by atoms with Gasteiger partial charge >= 0.3 is 12.0 Å². The Morgan fingerprint density at radius 2 is 2.14 bits per heavy atom. The number of halogens is 1. The first-order valence-electron chi connectivity index (χ1n) is 6.58. The van der Waals surface area contributed by atoms with E-state index in [9.17, 15) is 18.8 Å². The average molecular weight is 310 g/mol. The lowest BCUT2D eigenvalue weighted by Crippen LogP contribution is -2.39. The average Bonchev–Trinajstić information content (AvgIpc) is 2.77. The van der Waals surface area contributed by atoms with Crippen LogP contribution in [-0.4, -0.2) is 42.6 Å². The van der Waals surface area contributed by atoms with E-state index in [-0.39, 0.29) is 18.7 Å². The van der Waals surface area contributed by atoms with Crippen molar-refractivity contribution >= 4 is 17.9 Å². The van der Waals surface area contributed by atoms with Crippen LogP contribution in [0.5, 0.6) is 5.75 Å². The monoisotopic (exact) mass is 310 g/mol. The van der Waals surface area contributed by atoms with E-state index in [2.05, 4.69) is 5.32 Å². The number of imide groups is 1. The molecule has 1 aromatic carbocycles. The smallest absolute Gasteiger partial charge is 0.338 e. The molecule has 0 saturated carbocycles. The Hall–Kier alpha value is -2.64. The molecule has 1 aromatic rings. The molecule has 0 aromatic heterocycles. The van der Waals surface area contributed by atoms with Crippen LogP contribution in [0.25, 0.3) is 0 Å². The molecule has 1 unspecified atom stereocenters. The highest BCUT2D eigenvalue weighted by atomic mass is 19.1. The number of ether oxygens (including phenoxy) is 2. The van der Waals surface area contributed by atoms with Gasteiger partial charge in [0.15, 0.2) is 0 Å². The molecule has 3 amide bonds. The van der Waals surface area contributed by atoms with Gasteiger partial charge in [0.25, 0.3) is 5.91 Å². The minimum atomic E-state index is -1.38. The van der Waals surface area contributed by atoms with E-state index in [0.29, 0.717) is 5.75 Å². The fourth-order valence-corrected chi connectivity index (χ4v) is 2.01. The van der Waals surface area contributed by atoms with Crippen LogP contribution in [0.15, 0.2) is 18.2 Å². The molecule has 1 atom stereocenters. The number of rotatable bonds is 5. The van der Waals surface area contributed by atoms with Gasteiger partial charge in [-0.2, -0.15) is 0 Å². The zero-order valence-electron chi connectivity index (χ0n) is 12.1. The zero-order valence-corrected chi connectivity index (χ0v) is 12.1. The number of nitrogens with one attached hydrogen (secondary N) is 1. The summed E-state index contributed by atoms with van der Waals surface area (Å²) in [5, 5.41) is 2.22. The van der Waals surface area contributed by atoms with Gasteiger partial charge < -0.3 is 14.8 Å². The highest BCUT2D eigenvalue weighted by Gasteiger charge is 2.43. The lowest BCUT2D eigenvalue weighted by molar-refractivity contribution is -0.149. The minimum absolute atomic E-state index is 0.0889. The summed E-state index contributed by atoms with van der Waals surface area (Å²) >= 11 is 0. The Morgan fingerprint density at radius 1 is 1.41 bits per heavy atom.